The van der Waals surface area contributed by atoms with Gasteiger partial charge in [0.05, 0.1) is 10.6 Å². The van der Waals surface area contributed by atoms with E-state index in [0.29, 0.717) is 4.90 Å². The van der Waals surface area contributed by atoms with Gasteiger partial charge < -0.3 is 0 Å². The van der Waals surface area contributed by atoms with E-state index in [-0.39, 0.29) is 5.75 Å². The number of hydrogen-bond acceptors (Lipinski definition) is 2. The van der Waals surface area contributed by atoms with Gasteiger partial charge in [0.2, 0.25) is 0 Å². The summed E-state index contributed by atoms with van der Waals surface area (Å²) in [6.07, 6.45) is 0. The standard InChI is InChI=1S/C20H17ClO2S/c1-2-24(22,23)20-13-9-18(10-14-20)16-5-3-15(4-6-16)17-7-11-19(21)12-8-17/h3-14H,2H2,1H3. The second-order valence-electron chi connectivity index (χ2n) is 5.51. The lowest BCUT2D eigenvalue weighted by molar-refractivity contribution is 0.597. The van der Waals surface area contributed by atoms with Gasteiger partial charge in [-0.05, 0) is 46.5 Å². The van der Waals surface area contributed by atoms with Crippen molar-refractivity contribution in [3.63, 3.8) is 0 Å². The van der Waals surface area contributed by atoms with E-state index in [1.165, 1.54) is 0 Å². The minimum atomic E-state index is -3.15. The Morgan fingerprint density at radius 1 is 0.667 bits per heavy atom. The number of hydrogen-bond donors (Lipinski definition) is 0. The van der Waals surface area contributed by atoms with Crippen molar-refractivity contribution < 1.29 is 8.42 Å². The predicted molar refractivity (Wildman–Crippen MR) is 100 cm³/mol. The van der Waals surface area contributed by atoms with Gasteiger partial charge in [0.15, 0.2) is 9.84 Å². The highest BCUT2D eigenvalue weighted by molar-refractivity contribution is 7.91. The third-order valence-electron chi connectivity index (χ3n) is 3.99. The molecule has 122 valence electrons. The molecule has 0 bridgehead atoms. The number of halogens is 1. The molecule has 0 unspecified atom stereocenters. The second kappa shape index (κ2) is 6.80. The molecule has 0 spiro atoms. The summed E-state index contributed by atoms with van der Waals surface area (Å²) < 4.78 is 23.7. The lowest BCUT2D eigenvalue weighted by atomic mass is 10.0. The highest BCUT2D eigenvalue weighted by Gasteiger charge is 2.11. The van der Waals surface area contributed by atoms with Crippen molar-refractivity contribution in [1.29, 1.82) is 0 Å². The quantitative estimate of drug-likeness (QED) is 0.621. The highest BCUT2D eigenvalue weighted by Crippen LogP contribution is 2.26. The van der Waals surface area contributed by atoms with Gasteiger partial charge in [0, 0.05) is 5.02 Å². The average Bonchev–Trinajstić information content (AvgIpc) is 2.63. The van der Waals surface area contributed by atoms with Crippen LogP contribution in [0.4, 0.5) is 0 Å². The molecule has 0 fully saturated rings. The SMILES string of the molecule is CCS(=O)(=O)c1ccc(-c2ccc(-c3ccc(Cl)cc3)cc2)cc1. The molecule has 0 saturated heterocycles. The van der Waals surface area contributed by atoms with Crippen molar-refractivity contribution in [1.82, 2.24) is 0 Å². The third kappa shape index (κ3) is 3.53. The molecule has 24 heavy (non-hydrogen) atoms. The summed E-state index contributed by atoms with van der Waals surface area (Å²) in [6.45, 7) is 1.65. The van der Waals surface area contributed by atoms with Crippen LogP contribution in [0.1, 0.15) is 6.92 Å². The van der Waals surface area contributed by atoms with E-state index >= 15 is 0 Å². The van der Waals surface area contributed by atoms with Crippen LogP contribution >= 0.6 is 11.6 Å². The molecule has 3 aromatic carbocycles. The second-order valence-corrected chi connectivity index (χ2v) is 8.23. The fourth-order valence-electron chi connectivity index (χ4n) is 2.52. The Labute approximate surface area is 147 Å². The predicted octanol–water partition coefficient (Wildman–Crippen LogP) is 5.47. The Hall–Kier alpha value is -2.10. The molecule has 3 rings (SSSR count). The van der Waals surface area contributed by atoms with Gasteiger partial charge in [-0.3, -0.25) is 0 Å². The zero-order valence-electron chi connectivity index (χ0n) is 13.2. The smallest absolute Gasteiger partial charge is 0.178 e. The maximum atomic E-state index is 11.9. The van der Waals surface area contributed by atoms with Crippen LogP contribution in [0.5, 0.6) is 0 Å². The molecular weight excluding hydrogens is 340 g/mol. The van der Waals surface area contributed by atoms with Crippen LogP contribution in [-0.2, 0) is 9.84 Å². The van der Waals surface area contributed by atoms with Gasteiger partial charge in [0.1, 0.15) is 0 Å². The van der Waals surface area contributed by atoms with E-state index in [2.05, 4.69) is 12.1 Å². The number of benzene rings is 3. The average molecular weight is 357 g/mol. The van der Waals surface area contributed by atoms with Crippen LogP contribution in [0.15, 0.2) is 77.7 Å². The minimum Gasteiger partial charge on any atom is -0.224 e. The van der Waals surface area contributed by atoms with Gasteiger partial charge >= 0.3 is 0 Å². The Bertz CT molecular complexity index is 926. The molecule has 4 heteroatoms. The minimum absolute atomic E-state index is 0.113. The van der Waals surface area contributed by atoms with Gasteiger partial charge in [-0.25, -0.2) is 8.42 Å². The van der Waals surface area contributed by atoms with Crippen molar-refractivity contribution in [2.75, 3.05) is 5.75 Å². The van der Waals surface area contributed by atoms with Gasteiger partial charge in [-0.2, -0.15) is 0 Å². The lowest BCUT2D eigenvalue weighted by Crippen LogP contribution is -2.03. The summed E-state index contributed by atoms with van der Waals surface area (Å²) in [4.78, 5) is 0.367. The Morgan fingerprint density at radius 2 is 1.00 bits per heavy atom. The molecule has 0 aliphatic rings. The molecule has 0 heterocycles. The molecule has 0 N–H and O–H groups in total. The van der Waals surface area contributed by atoms with E-state index < -0.39 is 9.84 Å². The molecule has 0 aliphatic carbocycles. The first-order valence-corrected chi connectivity index (χ1v) is 9.72. The molecule has 2 nitrogen and oxygen atoms in total. The summed E-state index contributed by atoms with van der Waals surface area (Å²) in [7, 11) is -3.15. The zero-order valence-corrected chi connectivity index (χ0v) is 14.8. The van der Waals surface area contributed by atoms with Gasteiger partial charge in [0.25, 0.3) is 0 Å². The van der Waals surface area contributed by atoms with Gasteiger partial charge in [-0.1, -0.05) is 67.1 Å². The van der Waals surface area contributed by atoms with E-state index in [1.54, 1.807) is 19.1 Å². The maximum Gasteiger partial charge on any atom is 0.178 e. The van der Waals surface area contributed by atoms with Crippen molar-refractivity contribution in [2.24, 2.45) is 0 Å². The molecule has 0 saturated carbocycles. The van der Waals surface area contributed by atoms with Crippen LogP contribution in [0.3, 0.4) is 0 Å². The first-order valence-electron chi connectivity index (χ1n) is 7.69. The van der Waals surface area contributed by atoms with Gasteiger partial charge in [-0.15, -0.1) is 0 Å². The molecule has 0 radical (unpaired) electrons. The van der Waals surface area contributed by atoms with E-state index in [0.717, 1.165) is 27.3 Å². The lowest BCUT2D eigenvalue weighted by Gasteiger charge is -2.07. The summed E-state index contributed by atoms with van der Waals surface area (Å²) in [5.41, 5.74) is 4.26. The fourth-order valence-corrected chi connectivity index (χ4v) is 3.53. The van der Waals surface area contributed by atoms with E-state index in [4.69, 9.17) is 11.6 Å². The van der Waals surface area contributed by atoms with E-state index in [1.807, 2.05) is 48.5 Å². The molecule has 0 amide bonds. The van der Waals surface area contributed by atoms with Crippen LogP contribution in [0.25, 0.3) is 22.3 Å². The number of rotatable bonds is 4. The molecular formula is C20H17ClO2S. The highest BCUT2D eigenvalue weighted by atomic mass is 35.5. The summed E-state index contributed by atoms with van der Waals surface area (Å²) in [5, 5.41) is 0.720. The zero-order chi connectivity index (χ0) is 17.2. The summed E-state index contributed by atoms with van der Waals surface area (Å²) >= 11 is 5.92. The third-order valence-corrected chi connectivity index (χ3v) is 5.99. The van der Waals surface area contributed by atoms with Crippen LogP contribution in [0.2, 0.25) is 5.02 Å². The Kier molecular flexibility index (Phi) is 4.74. The summed E-state index contributed by atoms with van der Waals surface area (Å²) in [5.74, 6) is 0.113. The first kappa shape index (κ1) is 16.7. The Morgan fingerprint density at radius 3 is 1.38 bits per heavy atom. The van der Waals surface area contributed by atoms with Crippen LogP contribution in [-0.4, -0.2) is 14.2 Å². The molecule has 0 atom stereocenters. The molecule has 3 aromatic rings. The fraction of sp³-hybridized carbons (Fsp3) is 0.100. The van der Waals surface area contributed by atoms with Crippen LogP contribution < -0.4 is 0 Å². The first-order chi connectivity index (χ1) is 11.5. The monoisotopic (exact) mass is 356 g/mol. The molecule has 0 aliphatic heterocycles. The normalized spacial score (nSPS) is 11.4. The van der Waals surface area contributed by atoms with Crippen LogP contribution in [0, 0.1) is 0 Å². The number of sulfone groups is 1. The van der Waals surface area contributed by atoms with Crippen molar-refractivity contribution >= 4 is 21.4 Å². The van der Waals surface area contributed by atoms with Crippen molar-refractivity contribution in [2.45, 2.75) is 11.8 Å². The topological polar surface area (TPSA) is 34.1 Å². The summed E-state index contributed by atoms with van der Waals surface area (Å²) in [6, 6.07) is 22.9. The largest absolute Gasteiger partial charge is 0.224 e. The van der Waals surface area contributed by atoms with Crippen molar-refractivity contribution in [3.8, 4) is 22.3 Å². The Balaban J connectivity index is 1.87. The molecule has 0 aromatic heterocycles. The maximum absolute atomic E-state index is 11.9. The van der Waals surface area contributed by atoms with Crippen molar-refractivity contribution in [3.05, 3.63) is 77.8 Å². The van der Waals surface area contributed by atoms with E-state index in [9.17, 15) is 8.42 Å².